The van der Waals surface area contributed by atoms with Gasteiger partial charge >= 0.3 is 0 Å². The Morgan fingerprint density at radius 2 is 2.30 bits per heavy atom. The highest BCUT2D eigenvalue weighted by atomic mass is 16.5. The molecule has 0 bridgehead atoms. The Balaban J connectivity index is 1.61. The monoisotopic (exact) mass is 309 g/mol. The van der Waals surface area contributed by atoms with Gasteiger partial charge in [0.1, 0.15) is 23.4 Å². The van der Waals surface area contributed by atoms with Crippen molar-refractivity contribution in [1.82, 2.24) is 5.32 Å². The average Bonchev–Trinajstić information content (AvgIpc) is 3.20. The molecule has 1 amide bonds. The fourth-order valence-corrected chi connectivity index (χ4v) is 3.29. The topological polar surface area (TPSA) is 47.6 Å². The van der Waals surface area contributed by atoms with Crippen molar-refractivity contribution in [3.8, 4) is 11.5 Å². The summed E-state index contributed by atoms with van der Waals surface area (Å²) < 4.78 is 11.9. The van der Waals surface area contributed by atoms with Gasteiger partial charge in [-0.2, -0.15) is 0 Å². The molecule has 0 saturated heterocycles. The highest BCUT2D eigenvalue weighted by molar-refractivity contribution is 5.80. The van der Waals surface area contributed by atoms with Gasteiger partial charge in [-0.25, -0.2) is 0 Å². The predicted octanol–water partition coefficient (Wildman–Crippen LogP) is 3.57. The lowest BCUT2D eigenvalue weighted by atomic mass is 10.0. The molecule has 1 fully saturated rings. The van der Waals surface area contributed by atoms with Crippen LogP contribution in [0.1, 0.15) is 37.7 Å². The lowest BCUT2D eigenvalue weighted by Crippen LogP contribution is -2.27. The first-order chi connectivity index (χ1) is 11.2. The molecule has 2 atom stereocenters. The Hall–Kier alpha value is -2.49. The molecule has 2 heterocycles. The van der Waals surface area contributed by atoms with Crippen molar-refractivity contribution in [3.05, 3.63) is 59.5 Å². The second-order valence-electron chi connectivity index (χ2n) is 6.22. The lowest BCUT2D eigenvalue weighted by Gasteiger charge is -2.21. The van der Waals surface area contributed by atoms with Crippen LogP contribution in [-0.2, 0) is 4.79 Å². The van der Waals surface area contributed by atoms with E-state index < -0.39 is 0 Å². The maximum atomic E-state index is 11.5. The third-order valence-electron chi connectivity index (χ3n) is 4.57. The molecule has 23 heavy (non-hydrogen) atoms. The number of carbonyl (C=O) groups is 1. The molecule has 2 aliphatic heterocycles. The van der Waals surface area contributed by atoms with E-state index >= 15 is 0 Å². The van der Waals surface area contributed by atoms with E-state index in [-0.39, 0.29) is 5.91 Å². The molecule has 118 valence electrons. The third-order valence-corrected chi connectivity index (χ3v) is 4.57. The van der Waals surface area contributed by atoms with E-state index in [2.05, 4.69) is 18.0 Å². The van der Waals surface area contributed by atoms with Crippen LogP contribution in [0.25, 0.3) is 0 Å². The van der Waals surface area contributed by atoms with Crippen LogP contribution in [0.5, 0.6) is 11.5 Å². The number of fused-ring (bicyclic) bond motifs is 3. The second kappa shape index (κ2) is 5.30. The summed E-state index contributed by atoms with van der Waals surface area (Å²) in [6, 6.07) is 5.98. The molecule has 1 N–H and O–H groups in total. The third kappa shape index (κ3) is 2.54. The Bertz CT molecular complexity index is 760. The number of nitrogens with one attached hydrogen (secondary N) is 1. The molecule has 0 spiro atoms. The van der Waals surface area contributed by atoms with Crippen molar-refractivity contribution in [2.24, 2.45) is 0 Å². The van der Waals surface area contributed by atoms with Crippen LogP contribution in [0.3, 0.4) is 0 Å². The van der Waals surface area contributed by atoms with E-state index in [0.717, 1.165) is 34.9 Å². The van der Waals surface area contributed by atoms with Crippen molar-refractivity contribution in [2.45, 2.75) is 38.2 Å². The number of carbonyl (C=O) groups excluding carboxylic acids is 1. The van der Waals surface area contributed by atoms with Crippen LogP contribution >= 0.6 is 0 Å². The van der Waals surface area contributed by atoms with Gasteiger partial charge in [0.15, 0.2) is 0 Å². The first-order valence-corrected chi connectivity index (χ1v) is 7.97. The van der Waals surface area contributed by atoms with Gasteiger partial charge in [0, 0.05) is 29.2 Å². The number of rotatable bonds is 4. The number of allylic oxidation sites excluding steroid dienone is 4. The van der Waals surface area contributed by atoms with E-state index in [1.54, 1.807) is 6.08 Å². The van der Waals surface area contributed by atoms with E-state index in [9.17, 15) is 4.79 Å². The normalized spacial score (nSPS) is 25.3. The molecule has 3 aliphatic rings. The summed E-state index contributed by atoms with van der Waals surface area (Å²) in [5.74, 6) is 3.11. The summed E-state index contributed by atoms with van der Waals surface area (Å²) in [6.07, 6.45) is 6.20. The summed E-state index contributed by atoms with van der Waals surface area (Å²) in [7, 11) is 0. The van der Waals surface area contributed by atoms with Crippen LogP contribution in [-0.4, -0.2) is 12.0 Å². The largest absolute Gasteiger partial charge is 0.489 e. The summed E-state index contributed by atoms with van der Waals surface area (Å²) in [4.78, 5) is 11.5. The number of benzene rings is 1. The van der Waals surface area contributed by atoms with Gasteiger partial charge in [-0.15, -0.1) is 0 Å². The Morgan fingerprint density at radius 3 is 3.09 bits per heavy atom. The fourth-order valence-electron chi connectivity index (χ4n) is 3.29. The molecule has 0 aromatic heterocycles. The first-order valence-electron chi connectivity index (χ1n) is 7.97. The number of ether oxygens (including phenoxy) is 2. The molecular weight excluding hydrogens is 290 g/mol. The van der Waals surface area contributed by atoms with Crippen molar-refractivity contribution in [3.63, 3.8) is 0 Å². The molecule has 1 aromatic carbocycles. The van der Waals surface area contributed by atoms with Gasteiger partial charge in [-0.05, 0) is 44.0 Å². The molecule has 1 aliphatic carbocycles. The van der Waals surface area contributed by atoms with Gasteiger partial charge in [-0.3, -0.25) is 4.79 Å². The summed E-state index contributed by atoms with van der Waals surface area (Å²) in [5.41, 5.74) is 3.11. The van der Waals surface area contributed by atoms with E-state index in [4.69, 9.17) is 9.47 Å². The fraction of sp³-hybridized carbons (Fsp3) is 0.316. The number of hydrogen-bond acceptors (Lipinski definition) is 3. The van der Waals surface area contributed by atoms with Crippen LogP contribution in [0.2, 0.25) is 0 Å². The van der Waals surface area contributed by atoms with Crippen molar-refractivity contribution in [2.75, 3.05) is 0 Å². The maximum Gasteiger partial charge on any atom is 0.224 e. The zero-order chi connectivity index (χ0) is 16.0. The molecule has 4 nitrogen and oxygen atoms in total. The van der Waals surface area contributed by atoms with Crippen LogP contribution in [0.15, 0.2) is 54.0 Å². The molecule has 0 unspecified atom stereocenters. The second-order valence-corrected chi connectivity index (χ2v) is 6.22. The first kappa shape index (κ1) is 14.1. The van der Waals surface area contributed by atoms with Crippen LogP contribution in [0, 0.1) is 0 Å². The minimum absolute atomic E-state index is 0.0543. The summed E-state index contributed by atoms with van der Waals surface area (Å²) in [5, 5.41) is 2.87. The quantitative estimate of drug-likeness (QED) is 0.683. The minimum atomic E-state index is 0.0543. The minimum Gasteiger partial charge on any atom is -0.489 e. The van der Waals surface area contributed by atoms with E-state index in [0.29, 0.717) is 24.9 Å². The van der Waals surface area contributed by atoms with Crippen LogP contribution in [0.4, 0.5) is 0 Å². The highest BCUT2D eigenvalue weighted by Gasteiger charge is 2.48. The van der Waals surface area contributed by atoms with Gasteiger partial charge in [-0.1, -0.05) is 12.7 Å². The smallest absolute Gasteiger partial charge is 0.224 e. The molecule has 0 radical (unpaired) electrons. The van der Waals surface area contributed by atoms with Crippen LogP contribution < -0.4 is 14.8 Å². The van der Waals surface area contributed by atoms with Crippen molar-refractivity contribution < 1.29 is 14.3 Å². The molecule has 4 heteroatoms. The number of hydrogen-bond donors (Lipinski definition) is 1. The zero-order valence-electron chi connectivity index (χ0n) is 13.1. The van der Waals surface area contributed by atoms with Crippen molar-refractivity contribution in [1.29, 1.82) is 0 Å². The zero-order valence-corrected chi connectivity index (χ0v) is 13.1. The SMILES string of the molecule is C=C/C=C(/Oc1ccc2c(c1)[C@H]1C[C@H]1O2)C1=C(C)NC(=O)CC1. The van der Waals surface area contributed by atoms with E-state index in [1.165, 1.54) is 5.56 Å². The maximum absolute atomic E-state index is 11.5. The van der Waals surface area contributed by atoms with Gasteiger partial charge < -0.3 is 14.8 Å². The summed E-state index contributed by atoms with van der Waals surface area (Å²) in [6.45, 7) is 5.67. The Labute approximate surface area is 135 Å². The molecule has 1 saturated carbocycles. The Morgan fingerprint density at radius 1 is 1.43 bits per heavy atom. The molecular formula is C19H19NO3. The predicted molar refractivity (Wildman–Crippen MR) is 87.2 cm³/mol. The molecule has 4 rings (SSSR count). The van der Waals surface area contributed by atoms with Gasteiger partial charge in [0.05, 0.1) is 0 Å². The standard InChI is InChI=1S/C19H19NO3/c1-3-4-16(13-6-8-19(21)20-11(13)2)22-12-5-7-17-14(9-12)15-10-18(15)23-17/h3-5,7,9,15,18H,1,6,8,10H2,2H3,(H,20,21)/b16-4+/t15-,18-/m1/s1. The van der Waals surface area contributed by atoms with Crippen molar-refractivity contribution >= 4 is 5.91 Å². The van der Waals surface area contributed by atoms with E-state index in [1.807, 2.05) is 25.1 Å². The summed E-state index contributed by atoms with van der Waals surface area (Å²) >= 11 is 0. The molecule has 1 aromatic rings. The average molecular weight is 309 g/mol. The highest BCUT2D eigenvalue weighted by Crippen LogP contribution is 2.54. The lowest BCUT2D eigenvalue weighted by molar-refractivity contribution is -0.120. The number of amides is 1. The Kier molecular flexibility index (Phi) is 3.26. The van der Waals surface area contributed by atoms with Gasteiger partial charge in [0.25, 0.3) is 0 Å². The van der Waals surface area contributed by atoms with Gasteiger partial charge in [0.2, 0.25) is 5.91 Å².